The lowest BCUT2D eigenvalue weighted by Gasteiger charge is -2.30. The molecule has 0 aliphatic heterocycles. The highest BCUT2D eigenvalue weighted by Gasteiger charge is 2.41. The third kappa shape index (κ3) is 2.13. The molecule has 1 aromatic heterocycles. The summed E-state index contributed by atoms with van der Waals surface area (Å²) in [6, 6.07) is 3.07. The molecule has 2 saturated carbocycles. The van der Waals surface area contributed by atoms with Crippen molar-refractivity contribution in [2.75, 3.05) is 0 Å². The lowest BCUT2D eigenvalue weighted by Crippen LogP contribution is -2.37. The quantitative estimate of drug-likeness (QED) is 0.839. The standard InChI is InChI=1S/C14H23N3/c1-9(13-8-11-3-4-12(13)7-11)16-10(2)14-5-6-15-17-14/h5-6,9-13,16H,3-4,7-8H2,1-2H3,(H,15,17). The largest absolute Gasteiger partial charge is 0.306 e. The number of H-pyrrole nitrogens is 1. The molecule has 5 atom stereocenters. The topological polar surface area (TPSA) is 40.7 Å². The van der Waals surface area contributed by atoms with Gasteiger partial charge < -0.3 is 5.32 Å². The Kier molecular flexibility index (Phi) is 2.95. The van der Waals surface area contributed by atoms with Gasteiger partial charge in [0.05, 0.1) is 5.69 Å². The summed E-state index contributed by atoms with van der Waals surface area (Å²) in [5.74, 6) is 2.94. The minimum Gasteiger partial charge on any atom is -0.306 e. The van der Waals surface area contributed by atoms with Gasteiger partial charge in [-0.25, -0.2) is 0 Å². The van der Waals surface area contributed by atoms with Crippen molar-refractivity contribution in [1.29, 1.82) is 0 Å². The molecule has 3 rings (SSSR count). The summed E-state index contributed by atoms with van der Waals surface area (Å²) < 4.78 is 0. The monoisotopic (exact) mass is 233 g/mol. The van der Waals surface area contributed by atoms with Gasteiger partial charge in [0.15, 0.2) is 0 Å². The number of fused-ring (bicyclic) bond motifs is 2. The van der Waals surface area contributed by atoms with Crippen LogP contribution in [0.25, 0.3) is 0 Å². The van der Waals surface area contributed by atoms with Gasteiger partial charge in [0.1, 0.15) is 0 Å². The van der Waals surface area contributed by atoms with Crippen molar-refractivity contribution in [3.8, 4) is 0 Å². The normalized spacial score (nSPS) is 35.1. The molecule has 2 fully saturated rings. The van der Waals surface area contributed by atoms with Crippen LogP contribution in [0.4, 0.5) is 0 Å². The first-order chi connectivity index (χ1) is 8.24. The summed E-state index contributed by atoms with van der Waals surface area (Å²) in [4.78, 5) is 0. The van der Waals surface area contributed by atoms with Crippen LogP contribution in [0, 0.1) is 17.8 Å². The van der Waals surface area contributed by atoms with Crippen LogP contribution >= 0.6 is 0 Å². The molecule has 5 unspecified atom stereocenters. The Balaban J connectivity index is 1.58. The fraction of sp³-hybridized carbons (Fsp3) is 0.786. The van der Waals surface area contributed by atoms with Crippen LogP contribution in [-0.2, 0) is 0 Å². The Morgan fingerprint density at radius 1 is 1.35 bits per heavy atom. The van der Waals surface area contributed by atoms with Crippen LogP contribution in [0.1, 0.15) is 51.3 Å². The van der Waals surface area contributed by atoms with E-state index in [0.717, 1.165) is 17.8 Å². The Hall–Kier alpha value is -0.830. The smallest absolute Gasteiger partial charge is 0.0518 e. The minimum absolute atomic E-state index is 0.381. The van der Waals surface area contributed by atoms with Gasteiger partial charge in [0.25, 0.3) is 0 Å². The maximum atomic E-state index is 4.02. The highest BCUT2D eigenvalue weighted by atomic mass is 15.1. The maximum Gasteiger partial charge on any atom is 0.0518 e. The Labute approximate surface area is 103 Å². The first-order valence-electron chi connectivity index (χ1n) is 6.99. The predicted octanol–water partition coefficient (Wildman–Crippen LogP) is 2.89. The highest BCUT2D eigenvalue weighted by Crippen LogP contribution is 2.49. The number of hydrogen-bond donors (Lipinski definition) is 2. The second kappa shape index (κ2) is 4.45. The summed E-state index contributed by atoms with van der Waals surface area (Å²) in [5, 5.41) is 10.8. The molecule has 2 aliphatic carbocycles. The predicted molar refractivity (Wildman–Crippen MR) is 68.5 cm³/mol. The second-order valence-corrected chi connectivity index (χ2v) is 6.03. The Bertz CT molecular complexity index is 360. The molecule has 3 heteroatoms. The maximum absolute atomic E-state index is 4.02. The zero-order valence-corrected chi connectivity index (χ0v) is 10.8. The van der Waals surface area contributed by atoms with Crippen LogP contribution in [0.3, 0.4) is 0 Å². The van der Waals surface area contributed by atoms with Gasteiger partial charge in [-0.05, 0) is 56.9 Å². The molecule has 2 bridgehead atoms. The molecular weight excluding hydrogens is 210 g/mol. The molecule has 0 aromatic carbocycles. The fourth-order valence-electron chi connectivity index (χ4n) is 4.02. The van der Waals surface area contributed by atoms with E-state index in [1.54, 1.807) is 0 Å². The first-order valence-corrected chi connectivity index (χ1v) is 6.99. The van der Waals surface area contributed by atoms with Crippen molar-refractivity contribution in [3.05, 3.63) is 18.0 Å². The van der Waals surface area contributed by atoms with Crippen molar-refractivity contribution in [3.63, 3.8) is 0 Å². The van der Waals surface area contributed by atoms with Crippen LogP contribution in [0.15, 0.2) is 12.3 Å². The molecule has 17 heavy (non-hydrogen) atoms. The summed E-state index contributed by atoms with van der Waals surface area (Å²) in [7, 11) is 0. The van der Waals surface area contributed by atoms with Gasteiger partial charge in [-0.15, -0.1) is 0 Å². The SMILES string of the molecule is CC(NC(C)C1CC2CCC1C2)c1ccn[nH]1. The molecule has 1 heterocycles. The minimum atomic E-state index is 0.381. The summed E-state index contributed by atoms with van der Waals surface area (Å²) in [6.45, 7) is 4.58. The van der Waals surface area contributed by atoms with E-state index in [0.29, 0.717) is 12.1 Å². The van der Waals surface area contributed by atoms with E-state index in [1.165, 1.54) is 31.4 Å². The summed E-state index contributed by atoms with van der Waals surface area (Å²) in [6.07, 6.45) is 7.74. The molecule has 0 radical (unpaired) electrons. The molecule has 2 aliphatic rings. The number of aromatic amines is 1. The van der Waals surface area contributed by atoms with E-state index >= 15 is 0 Å². The number of hydrogen-bond acceptors (Lipinski definition) is 2. The van der Waals surface area contributed by atoms with E-state index in [2.05, 4.69) is 35.4 Å². The Morgan fingerprint density at radius 3 is 2.82 bits per heavy atom. The van der Waals surface area contributed by atoms with Crippen LogP contribution in [0.2, 0.25) is 0 Å². The molecule has 1 aromatic rings. The molecule has 0 saturated heterocycles. The van der Waals surface area contributed by atoms with E-state index in [1.807, 2.05) is 6.20 Å². The first kappa shape index (κ1) is 11.3. The number of nitrogens with one attached hydrogen (secondary N) is 2. The van der Waals surface area contributed by atoms with Crippen molar-refractivity contribution in [2.45, 2.75) is 51.6 Å². The van der Waals surface area contributed by atoms with E-state index in [4.69, 9.17) is 0 Å². The average molecular weight is 233 g/mol. The molecule has 0 amide bonds. The molecule has 2 N–H and O–H groups in total. The van der Waals surface area contributed by atoms with Gasteiger partial charge in [-0.1, -0.05) is 6.42 Å². The van der Waals surface area contributed by atoms with Gasteiger partial charge in [0, 0.05) is 18.3 Å². The van der Waals surface area contributed by atoms with Gasteiger partial charge in [0.2, 0.25) is 0 Å². The number of rotatable bonds is 4. The lowest BCUT2D eigenvalue weighted by molar-refractivity contribution is 0.247. The van der Waals surface area contributed by atoms with Crippen molar-refractivity contribution in [1.82, 2.24) is 15.5 Å². The molecule has 3 nitrogen and oxygen atoms in total. The average Bonchev–Trinajstić information content (AvgIpc) is 3.05. The van der Waals surface area contributed by atoms with Gasteiger partial charge >= 0.3 is 0 Å². The third-order valence-electron chi connectivity index (χ3n) is 4.94. The van der Waals surface area contributed by atoms with Gasteiger partial charge in [-0.3, -0.25) is 5.10 Å². The molecular formula is C14H23N3. The summed E-state index contributed by atoms with van der Waals surface area (Å²) in [5.41, 5.74) is 1.19. The van der Waals surface area contributed by atoms with E-state index in [9.17, 15) is 0 Å². The van der Waals surface area contributed by atoms with Crippen LogP contribution in [-0.4, -0.2) is 16.2 Å². The van der Waals surface area contributed by atoms with E-state index < -0.39 is 0 Å². The number of nitrogens with zero attached hydrogens (tertiary/aromatic N) is 1. The van der Waals surface area contributed by atoms with Crippen molar-refractivity contribution < 1.29 is 0 Å². The van der Waals surface area contributed by atoms with E-state index in [-0.39, 0.29) is 0 Å². The third-order valence-corrected chi connectivity index (χ3v) is 4.94. The fourth-order valence-corrected chi connectivity index (χ4v) is 4.02. The van der Waals surface area contributed by atoms with Crippen LogP contribution < -0.4 is 5.32 Å². The number of aromatic nitrogens is 2. The highest BCUT2D eigenvalue weighted by molar-refractivity contribution is 5.04. The zero-order valence-electron chi connectivity index (χ0n) is 10.8. The van der Waals surface area contributed by atoms with Crippen molar-refractivity contribution >= 4 is 0 Å². The second-order valence-electron chi connectivity index (χ2n) is 6.03. The summed E-state index contributed by atoms with van der Waals surface area (Å²) >= 11 is 0. The lowest BCUT2D eigenvalue weighted by atomic mass is 9.83. The van der Waals surface area contributed by atoms with Crippen LogP contribution in [0.5, 0.6) is 0 Å². The zero-order chi connectivity index (χ0) is 11.8. The van der Waals surface area contributed by atoms with Gasteiger partial charge in [-0.2, -0.15) is 5.10 Å². The van der Waals surface area contributed by atoms with Crippen molar-refractivity contribution in [2.24, 2.45) is 17.8 Å². The Morgan fingerprint density at radius 2 is 2.24 bits per heavy atom. The molecule has 94 valence electrons. The molecule has 0 spiro atoms.